The highest BCUT2D eigenvalue weighted by Gasteiger charge is 2.10. The number of aromatic nitrogens is 2. The number of benzene rings is 2. The lowest BCUT2D eigenvalue weighted by molar-refractivity contribution is 0.0706. The lowest BCUT2D eigenvalue weighted by Gasteiger charge is -2.04. The highest BCUT2D eigenvalue weighted by molar-refractivity contribution is 5.94. The molecule has 1 aromatic heterocycles. The average Bonchev–Trinajstić information content (AvgIpc) is 2.88. The Morgan fingerprint density at radius 2 is 1.95 bits per heavy atom. The monoisotopic (exact) mass is 304 g/mol. The first-order valence-corrected chi connectivity index (χ1v) is 6.23. The van der Waals surface area contributed by atoms with Gasteiger partial charge in [-0.1, -0.05) is 6.07 Å². The molecule has 3 rings (SSSR count). The topological polar surface area (TPSA) is 90.0 Å². The quantitative estimate of drug-likeness (QED) is 0.442. The minimum Gasteiger partial charge on any atom is -0.326 e. The normalized spacial score (nSPS) is 10.7. The predicted molar refractivity (Wildman–Crippen MR) is 75.0 cm³/mol. The lowest BCUT2D eigenvalue weighted by Crippen LogP contribution is -2.18. The maximum absolute atomic E-state index is 13.2. The molecule has 0 radical (unpaired) electrons. The van der Waals surface area contributed by atoms with Crippen molar-refractivity contribution < 1.29 is 18.8 Å². The third kappa shape index (κ3) is 2.59. The molecular weight excluding hydrogens is 294 g/mol. The molecule has 0 aliphatic heterocycles. The van der Waals surface area contributed by atoms with Gasteiger partial charge in [-0.2, -0.15) is 0 Å². The number of nitrogens with one attached hydrogen (secondary N) is 3. The van der Waals surface area contributed by atoms with Gasteiger partial charge in [-0.05, 0) is 18.2 Å². The van der Waals surface area contributed by atoms with E-state index < -0.39 is 17.5 Å². The molecule has 0 atom stereocenters. The Morgan fingerprint density at radius 1 is 1.18 bits per heavy atom. The van der Waals surface area contributed by atoms with Crippen molar-refractivity contribution >= 4 is 28.6 Å². The minimum atomic E-state index is -0.979. The summed E-state index contributed by atoms with van der Waals surface area (Å²) >= 11 is 0. The van der Waals surface area contributed by atoms with E-state index in [1.807, 2.05) is 0 Å². The maximum atomic E-state index is 13.2. The number of aromatic amines is 1. The van der Waals surface area contributed by atoms with E-state index in [1.54, 1.807) is 12.1 Å². The Labute approximate surface area is 122 Å². The number of carbonyl (C=O) groups excluding carboxylic acids is 1. The maximum Gasteiger partial charge on any atom is 0.274 e. The number of carbonyl (C=O) groups is 1. The molecule has 3 aromatic rings. The Morgan fingerprint density at radius 3 is 2.73 bits per heavy atom. The zero-order valence-electron chi connectivity index (χ0n) is 11.0. The van der Waals surface area contributed by atoms with Crippen molar-refractivity contribution in [2.45, 2.75) is 0 Å². The fourth-order valence-electron chi connectivity index (χ4n) is 2.00. The van der Waals surface area contributed by atoms with Crippen LogP contribution in [0.1, 0.15) is 10.4 Å². The van der Waals surface area contributed by atoms with Gasteiger partial charge in [0.25, 0.3) is 5.91 Å². The largest absolute Gasteiger partial charge is 0.326 e. The van der Waals surface area contributed by atoms with Gasteiger partial charge in [-0.15, -0.1) is 0 Å². The molecule has 0 aliphatic carbocycles. The molecule has 0 fully saturated rings. The van der Waals surface area contributed by atoms with Crippen molar-refractivity contribution in [3.63, 3.8) is 0 Å². The number of nitrogens with zero attached hydrogens (tertiary/aromatic N) is 1. The molecule has 6 nitrogen and oxygen atoms in total. The van der Waals surface area contributed by atoms with Crippen LogP contribution in [-0.2, 0) is 0 Å². The number of amides is 1. The smallest absolute Gasteiger partial charge is 0.274 e. The van der Waals surface area contributed by atoms with Crippen molar-refractivity contribution in [3.05, 3.63) is 53.6 Å². The van der Waals surface area contributed by atoms with Crippen molar-refractivity contribution in [2.24, 2.45) is 0 Å². The van der Waals surface area contributed by atoms with E-state index in [2.05, 4.69) is 15.3 Å². The summed E-state index contributed by atoms with van der Waals surface area (Å²) in [4.78, 5) is 18.2. The molecule has 1 heterocycles. The number of halogens is 2. The molecule has 0 saturated carbocycles. The van der Waals surface area contributed by atoms with Gasteiger partial charge in [-0.3, -0.25) is 10.0 Å². The summed E-state index contributed by atoms with van der Waals surface area (Å²) in [6.45, 7) is 0. The number of rotatable bonds is 3. The molecule has 0 spiro atoms. The Kier molecular flexibility index (Phi) is 3.43. The van der Waals surface area contributed by atoms with Crippen LogP contribution in [0.2, 0.25) is 0 Å². The van der Waals surface area contributed by atoms with Crippen LogP contribution in [0, 0.1) is 11.6 Å². The first kappa shape index (κ1) is 14.0. The summed E-state index contributed by atoms with van der Waals surface area (Å²) in [5, 5.41) is 11.5. The van der Waals surface area contributed by atoms with Crippen LogP contribution >= 0.6 is 0 Å². The average molecular weight is 304 g/mol. The number of hydrogen-bond acceptors (Lipinski definition) is 4. The number of hydroxylamine groups is 1. The molecule has 1 amide bonds. The fourth-order valence-corrected chi connectivity index (χ4v) is 2.00. The summed E-state index contributed by atoms with van der Waals surface area (Å²) in [7, 11) is 0. The molecule has 0 unspecified atom stereocenters. The van der Waals surface area contributed by atoms with Gasteiger partial charge in [0.15, 0.2) is 11.6 Å². The van der Waals surface area contributed by atoms with Crippen molar-refractivity contribution in [2.75, 3.05) is 5.32 Å². The van der Waals surface area contributed by atoms with Crippen molar-refractivity contribution in [3.8, 4) is 0 Å². The van der Waals surface area contributed by atoms with Gasteiger partial charge in [-0.25, -0.2) is 19.2 Å². The predicted octanol–water partition coefficient (Wildman–Crippen LogP) is 2.70. The summed E-state index contributed by atoms with van der Waals surface area (Å²) in [5.74, 6) is -2.34. The van der Waals surface area contributed by atoms with Crippen LogP contribution in [0.3, 0.4) is 0 Å². The SMILES string of the molecule is O=C(NO)c1cccc(Nc2nc3cc(F)c(F)cc3[nH]2)c1. The van der Waals surface area contributed by atoms with Gasteiger partial charge in [0, 0.05) is 23.4 Å². The molecule has 0 aliphatic rings. The van der Waals surface area contributed by atoms with Gasteiger partial charge in [0.2, 0.25) is 5.95 Å². The van der Waals surface area contributed by atoms with Crippen LogP contribution in [0.15, 0.2) is 36.4 Å². The second kappa shape index (κ2) is 5.41. The Bertz CT molecular complexity index is 824. The van der Waals surface area contributed by atoms with Crippen LogP contribution in [0.5, 0.6) is 0 Å². The highest BCUT2D eigenvalue weighted by Crippen LogP contribution is 2.21. The second-order valence-corrected chi connectivity index (χ2v) is 4.52. The van der Waals surface area contributed by atoms with Crippen LogP contribution in [-0.4, -0.2) is 21.1 Å². The number of H-pyrrole nitrogens is 1. The van der Waals surface area contributed by atoms with E-state index in [1.165, 1.54) is 17.6 Å². The van der Waals surface area contributed by atoms with E-state index in [4.69, 9.17) is 5.21 Å². The number of hydrogen-bond donors (Lipinski definition) is 4. The molecular formula is C14H10F2N4O2. The summed E-state index contributed by atoms with van der Waals surface area (Å²) in [5.41, 5.74) is 2.89. The number of anilines is 2. The molecule has 4 N–H and O–H groups in total. The first-order chi connectivity index (χ1) is 10.6. The fraction of sp³-hybridized carbons (Fsp3) is 0. The van der Waals surface area contributed by atoms with E-state index >= 15 is 0 Å². The zero-order chi connectivity index (χ0) is 15.7. The molecule has 2 aromatic carbocycles. The molecule has 112 valence electrons. The molecule has 0 saturated heterocycles. The van der Waals surface area contributed by atoms with E-state index in [-0.39, 0.29) is 17.0 Å². The Hall–Kier alpha value is -3.00. The lowest BCUT2D eigenvalue weighted by atomic mass is 10.2. The third-order valence-corrected chi connectivity index (χ3v) is 3.01. The second-order valence-electron chi connectivity index (χ2n) is 4.52. The Balaban J connectivity index is 1.91. The summed E-state index contributed by atoms with van der Waals surface area (Å²) in [6, 6.07) is 8.28. The van der Waals surface area contributed by atoms with Gasteiger partial charge >= 0.3 is 0 Å². The molecule has 8 heteroatoms. The zero-order valence-corrected chi connectivity index (χ0v) is 11.0. The van der Waals surface area contributed by atoms with E-state index in [0.29, 0.717) is 11.2 Å². The first-order valence-electron chi connectivity index (χ1n) is 6.23. The van der Waals surface area contributed by atoms with Gasteiger partial charge in [0.05, 0.1) is 11.0 Å². The van der Waals surface area contributed by atoms with Crippen LogP contribution < -0.4 is 10.8 Å². The van der Waals surface area contributed by atoms with E-state index in [9.17, 15) is 13.6 Å². The van der Waals surface area contributed by atoms with Crippen LogP contribution in [0.4, 0.5) is 20.4 Å². The molecule has 0 bridgehead atoms. The van der Waals surface area contributed by atoms with Crippen molar-refractivity contribution in [1.29, 1.82) is 0 Å². The summed E-state index contributed by atoms with van der Waals surface area (Å²) in [6.07, 6.45) is 0. The van der Waals surface area contributed by atoms with Crippen LogP contribution in [0.25, 0.3) is 11.0 Å². The highest BCUT2D eigenvalue weighted by atomic mass is 19.2. The standard InChI is InChI=1S/C14H10F2N4O2/c15-9-5-11-12(6-10(9)16)19-14(18-11)17-8-3-1-2-7(4-8)13(21)20-22/h1-6,22H,(H,20,21)(H2,17,18,19). The van der Waals surface area contributed by atoms with Gasteiger partial charge in [0.1, 0.15) is 0 Å². The minimum absolute atomic E-state index is 0.237. The summed E-state index contributed by atoms with van der Waals surface area (Å²) < 4.78 is 26.3. The van der Waals surface area contributed by atoms with Crippen molar-refractivity contribution in [1.82, 2.24) is 15.4 Å². The number of imidazole rings is 1. The van der Waals surface area contributed by atoms with Gasteiger partial charge < -0.3 is 10.3 Å². The molecule has 22 heavy (non-hydrogen) atoms. The number of fused-ring (bicyclic) bond motifs is 1. The van der Waals surface area contributed by atoms with E-state index in [0.717, 1.165) is 12.1 Å². The third-order valence-electron chi connectivity index (χ3n) is 3.01.